The molecule has 1 spiro atoms. The first-order valence-corrected chi connectivity index (χ1v) is 18.8. The minimum atomic E-state index is -0.561. The summed E-state index contributed by atoms with van der Waals surface area (Å²) in [6.45, 7) is 4.29. The number of hydrogen-bond acceptors (Lipinski definition) is 2. The van der Waals surface area contributed by atoms with Gasteiger partial charge in [0.15, 0.2) is 0 Å². The average Bonchev–Trinajstić information content (AvgIpc) is 3.86. The molecule has 10 aromatic rings. The highest BCUT2D eigenvalue weighted by Crippen LogP contribution is 2.62. The van der Waals surface area contributed by atoms with Crippen molar-refractivity contribution in [3.8, 4) is 16.8 Å². The molecule has 54 heavy (non-hydrogen) atoms. The van der Waals surface area contributed by atoms with Gasteiger partial charge in [-0.05, 0) is 108 Å². The second-order valence-electron chi connectivity index (χ2n) is 15.0. The standard InChI is InChI=1S/C51H34N2O/c1-31-19-23-33(24-20-31)52(34-25-21-32(2)22-26-34)35-27-28-42-39(29-35)36-11-3-6-14-41(36)51(42)43-15-7-9-17-46(43)53-45-16-8-4-13-38(45)48-49(53)44(51)30-40-37-12-5-10-18-47(37)54-50(40)48/h3-30H,1-2H3. The van der Waals surface area contributed by atoms with Gasteiger partial charge in [-0.2, -0.15) is 0 Å². The van der Waals surface area contributed by atoms with E-state index in [1.54, 1.807) is 0 Å². The van der Waals surface area contributed by atoms with Gasteiger partial charge in [0.05, 0.1) is 27.5 Å². The van der Waals surface area contributed by atoms with Crippen LogP contribution in [0, 0.1) is 13.8 Å². The molecule has 3 heteroatoms. The van der Waals surface area contributed by atoms with Gasteiger partial charge in [0.25, 0.3) is 0 Å². The maximum absolute atomic E-state index is 6.81. The van der Waals surface area contributed by atoms with Crippen LogP contribution in [0.2, 0.25) is 0 Å². The molecule has 0 amide bonds. The Balaban J connectivity index is 1.23. The summed E-state index contributed by atoms with van der Waals surface area (Å²) in [4.78, 5) is 2.39. The van der Waals surface area contributed by atoms with E-state index >= 15 is 0 Å². The quantitative estimate of drug-likeness (QED) is 0.184. The maximum atomic E-state index is 6.81. The number of furan rings is 1. The molecule has 1 aliphatic carbocycles. The van der Waals surface area contributed by atoms with Gasteiger partial charge in [0.2, 0.25) is 0 Å². The first kappa shape index (κ1) is 29.7. The van der Waals surface area contributed by atoms with Crippen molar-refractivity contribution in [2.45, 2.75) is 19.3 Å². The lowest BCUT2D eigenvalue weighted by Crippen LogP contribution is -2.33. The van der Waals surface area contributed by atoms with Crippen LogP contribution in [0.15, 0.2) is 174 Å². The van der Waals surface area contributed by atoms with Crippen molar-refractivity contribution in [1.82, 2.24) is 4.57 Å². The molecule has 0 saturated heterocycles. The number of hydrogen-bond donors (Lipinski definition) is 0. The number of para-hydroxylation sites is 3. The van der Waals surface area contributed by atoms with E-state index in [4.69, 9.17) is 4.42 Å². The molecule has 3 heterocycles. The fraction of sp³-hybridized carbons (Fsp3) is 0.0588. The van der Waals surface area contributed by atoms with E-state index in [1.807, 2.05) is 0 Å². The van der Waals surface area contributed by atoms with Crippen molar-refractivity contribution >= 4 is 60.8 Å². The molecule has 0 saturated carbocycles. The highest BCUT2D eigenvalue weighted by atomic mass is 16.3. The van der Waals surface area contributed by atoms with Gasteiger partial charge < -0.3 is 13.9 Å². The van der Waals surface area contributed by atoms with E-state index < -0.39 is 5.41 Å². The molecule has 0 bridgehead atoms. The third-order valence-corrected chi connectivity index (χ3v) is 12.1. The molecule has 8 aromatic carbocycles. The summed E-state index contributed by atoms with van der Waals surface area (Å²) in [5.74, 6) is 0. The van der Waals surface area contributed by atoms with Crippen LogP contribution in [0.3, 0.4) is 0 Å². The van der Waals surface area contributed by atoms with Crippen LogP contribution in [0.5, 0.6) is 0 Å². The molecule has 0 N–H and O–H groups in total. The first-order chi connectivity index (χ1) is 26.6. The summed E-state index contributed by atoms with van der Waals surface area (Å²) in [7, 11) is 0. The van der Waals surface area contributed by atoms with E-state index in [9.17, 15) is 0 Å². The summed E-state index contributed by atoms with van der Waals surface area (Å²) in [6, 6.07) is 62.9. The minimum Gasteiger partial charge on any atom is -0.455 e. The second-order valence-corrected chi connectivity index (χ2v) is 15.0. The van der Waals surface area contributed by atoms with Gasteiger partial charge in [-0.15, -0.1) is 0 Å². The van der Waals surface area contributed by atoms with Crippen molar-refractivity contribution in [3.05, 3.63) is 203 Å². The van der Waals surface area contributed by atoms with E-state index in [2.05, 4.69) is 193 Å². The molecular formula is C51H34N2O. The zero-order valence-corrected chi connectivity index (χ0v) is 30.0. The van der Waals surface area contributed by atoms with Gasteiger partial charge >= 0.3 is 0 Å². The highest BCUT2D eigenvalue weighted by Gasteiger charge is 2.51. The summed E-state index contributed by atoms with van der Waals surface area (Å²) in [6.07, 6.45) is 0. The van der Waals surface area contributed by atoms with Crippen LogP contribution < -0.4 is 4.90 Å². The number of anilines is 3. The lowest BCUT2D eigenvalue weighted by molar-refractivity contribution is 0.672. The molecule has 12 rings (SSSR count). The van der Waals surface area contributed by atoms with E-state index in [1.165, 1.54) is 72.0 Å². The Morgan fingerprint density at radius 1 is 0.481 bits per heavy atom. The minimum absolute atomic E-state index is 0.561. The Bertz CT molecular complexity index is 3140. The van der Waals surface area contributed by atoms with Crippen LogP contribution in [-0.2, 0) is 5.41 Å². The zero-order valence-electron chi connectivity index (χ0n) is 30.0. The number of aryl methyl sites for hydroxylation is 2. The molecule has 0 radical (unpaired) electrons. The second kappa shape index (κ2) is 10.6. The third kappa shape index (κ3) is 3.71. The molecular weight excluding hydrogens is 657 g/mol. The monoisotopic (exact) mass is 690 g/mol. The Morgan fingerprint density at radius 3 is 1.87 bits per heavy atom. The van der Waals surface area contributed by atoms with Gasteiger partial charge in [-0.25, -0.2) is 0 Å². The lowest BCUT2D eigenvalue weighted by atomic mass is 9.65. The van der Waals surface area contributed by atoms with Gasteiger partial charge in [0, 0.05) is 33.2 Å². The molecule has 1 atom stereocenters. The van der Waals surface area contributed by atoms with Gasteiger partial charge in [0.1, 0.15) is 11.2 Å². The van der Waals surface area contributed by atoms with Crippen molar-refractivity contribution in [2.75, 3.05) is 4.90 Å². The topological polar surface area (TPSA) is 21.3 Å². The van der Waals surface area contributed by atoms with Crippen LogP contribution in [0.4, 0.5) is 17.1 Å². The molecule has 2 aromatic heterocycles. The number of nitrogens with zero attached hydrogens (tertiary/aromatic N) is 2. The van der Waals surface area contributed by atoms with Crippen LogP contribution in [0.1, 0.15) is 33.4 Å². The summed E-state index contributed by atoms with van der Waals surface area (Å²) in [5, 5.41) is 4.68. The summed E-state index contributed by atoms with van der Waals surface area (Å²) in [5.41, 5.74) is 18.5. The molecule has 1 aliphatic heterocycles. The first-order valence-electron chi connectivity index (χ1n) is 18.8. The molecule has 2 aliphatic rings. The largest absolute Gasteiger partial charge is 0.455 e. The van der Waals surface area contributed by atoms with E-state index in [0.717, 1.165) is 39.0 Å². The lowest BCUT2D eigenvalue weighted by Gasteiger charge is -2.39. The smallest absolute Gasteiger partial charge is 0.145 e. The average molecular weight is 691 g/mol. The van der Waals surface area contributed by atoms with Crippen LogP contribution >= 0.6 is 0 Å². The highest BCUT2D eigenvalue weighted by molar-refractivity contribution is 6.26. The molecule has 1 unspecified atom stereocenters. The van der Waals surface area contributed by atoms with Crippen molar-refractivity contribution in [3.63, 3.8) is 0 Å². The number of fused-ring (bicyclic) bond motifs is 16. The Labute approximate surface area is 312 Å². The van der Waals surface area contributed by atoms with Crippen LogP contribution in [-0.4, -0.2) is 4.57 Å². The van der Waals surface area contributed by atoms with Gasteiger partial charge in [-0.3, -0.25) is 0 Å². The maximum Gasteiger partial charge on any atom is 0.145 e. The summed E-state index contributed by atoms with van der Waals surface area (Å²) >= 11 is 0. The summed E-state index contributed by atoms with van der Waals surface area (Å²) < 4.78 is 9.31. The Kier molecular flexibility index (Phi) is 5.84. The van der Waals surface area contributed by atoms with Crippen molar-refractivity contribution in [2.24, 2.45) is 0 Å². The van der Waals surface area contributed by atoms with E-state index in [0.29, 0.717) is 0 Å². The Morgan fingerprint density at radius 2 is 1.09 bits per heavy atom. The molecule has 0 fully saturated rings. The number of aromatic nitrogens is 1. The van der Waals surface area contributed by atoms with Gasteiger partial charge in [-0.1, -0.05) is 120 Å². The Hall–Kier alpha value is -6.84. The van der Waals surface area contributed by atoms with Crippen molar-refractivity contribution < 1.29 is 4.42 Å². The fourth-order valence-electron chi connectivity index (χ4n) is 9.83. The molecule has 254 valence electrons. The SMILES string of the molecule is Cc1ccc(N(c2ccc(C)cc2)c2ccc3c(c2)-c2ccccc2C32c3ccccc3-n3c4ccccc4c4c5oc6ccccc6c5cc2c43)cc1. The van der Waals surface area contributed by atoms with Crippen molar-refractivity contribution in [1.29, 1.82) is 0 Å². The molecule has 3 nitrogen and oxygen atoms in total. The number of benzene rings is 8. The fourth-order valence-corrected chi connectivity index (χ4v) is 9.83. The van der Waals surface area contributed by atoms with E-state index in [-0.39, 0.29) is 0 Å². The number of rotatable bonds is 3. The van der Waals surface area contributed by atoms with Crippen LogP contribution in [0.25, 0.3) is 60.6 Å². The predicted octanol–water partition coefficient (Wildman–Crippen LogP) is 13.4. The normalized spacial score (nSPS) is 15.3. The zero-order chi connectivity index (χ0) is 35.7. The third-order valence-electron chi connectivity index (χ3n) is 12.1. The predicted molar refractivity (Wildman–Crippen MR) is 223 cm³/mol.